The first kappa shape index (κ1) is 20.0. The maximum Gasteiger partial charge on any atom is 0.323 e. The van der Waals surface area contributed by atoms with Gasteiger partial charge in [0.25, 0.3) is 5.69 Å². The van der Waals surface area contributed by atoms with E-state index in [2.05, 4.69) is 0 Å². The summed E-state index contributed by atoms with van der Waals surface area (Å²) in [7, 11) is 0. The van der Waals surface area contributed by atoms with E-state index < -0.39 is 22.8 Å². The lowest BCUT2D eigenvalue weighted by Crippen LogP contribution is -2.31. The number of urea groups is 1. The highest BCUT2D eigenvalue weighted by Crippen LogP contribution is 2.33. The van der Waals surface area contributed by atoms with E-state index >= 15 is 0 Å². The van der Waals surface area contributed by atoms with Crippen LogP contribution < -0.4 is 15.4 Å². The number of halogens is 1. The standard InChI is InChI=1S/C17H16ClN3O6/c1-10(16(22)23)9-27-13-5-2-11(3-6-13)20(17(19)24)12-4-7-14(18)15(8-12)21(25)26/h2-8,10H,9H2,1H3,(H2,19,24)(H,22,23). The second-order valence-electron chi connectivity index (χ2n) is 5.61. The lowest BCUT2D eigenvalue weighted by Gasteiger charge is -2.21. The second-order valence-corrected chi connectivity index (χ2v) is 6.02. The van der Waals surface area contributed by atoms with Crippen LogP contribution in [-0.2, 0) is 4.79 Å². The first-order valence-electron chi connectivity index (χ1n) is 7.70. The second kappa shape index (κ2) is 8.37. The van der Waals surface area contributed by atoms with Crippen molar-refractivity contribution in [2.45, 2.75) is 6.92 Å². The third-order valence-corrected chi connectivity index (χ3v) is 3.94. The molecule has 0 aliphatic carbocycles. The molecule has 2 rings (SSSR count). The Labute approximate surface area is 159 Å². The van der Waals surface area contributed by atoms with Gasteiger partial charge in [-0.15, -0.1) is 0 Å². The van der Waals surface area contributed by atoms with Crippen LogP contribution in [0.3, 0.4) is 0 Å². The molecule has 0 spiro atoms. The number of nitro benzene ring substituents is 1. The van der Waals surface area contributed by atoms with E-state index in [9.17, 15) is 19.7 Å². The molecule has 142 valence electrons. The number of carboxylic acids is 1. The monoisotopic (exact) mass is 393 g/mol. The van der Waals surface area contributed by atoms with Gasteiger partial charge in [0.1, 0.15) is 17.4 Å². The molecule has 0 fully saturated rings. The summed E-state index contributed by atoms with van der Waals surface area (Å²) in [5.74, 6) is -1.25. The Bertz CT molecular complexity index is 871. The van der Waals surface area contributed by atoms with E-state index in [0.29, 0.717) is 11.4 Å². The zero-order valence-corrected chi connectivity index (χ0v) is 14.9. The summed E-state index contributed by atoms with van der Waals surface area (Å²) in [4.78, 5) is 34.2. The maximum absolute atomic E-state index is 11.9. The number of ether oxygens (including phenoxy) is 1. The van der Waals surface area contributed by atoms with Crippen molar-refractivity contribution in [1.82, 2.24) is 0 Å². The first-order valence-corrected chi connectivity index (χ1v) is 8.07. The summed E-state index contributed by atoms with van der Waals surface area (Å²) < 4.78 is 5.37. The van der Waals surface area contributed by atoms with Gasteiger partial charge < -0.3 is 15.6 Å². The summed E-state index contributed by atoms with van der Waals surface area (Å²) >= 11 is 5.79. The Hall–Kier alpha value is -3.33. The minimum absolute atomic E-state index is 0.0163. The zero-order valence-electron chi connectivity index (χ0n) is 14.2. The molecule has 2 aromatic carbocycles. The van der Waals surface area contributed by atoms with Gasteiger partial charge in [0.05, 0.1) is 22.2 Å². The van der Waals surface area contributed by atoms with Crippen molar-refractivity contribution in [3.63, 3.8) is 0 Å². The molecule has 2 amide bonds. The van der Waals surface area contributed by atoms with E-state index in [0.717, 1.165) is 11.0 Å². The molecular formula is C17H16ClN3O6. The third-order valence-electron chi connectivity index (χ3n) is 3.62. The van der Waals surface area contributed by atoms with E-state index in [1.165, 1.54) is 43.3 Å². The maximum atomic E-state index is 11.9. The van der Waals surface area contributed by atoms with E-state index in [-0.39, 0.29) is 23.0 Å². The number of benzene rings is 2. The Balaban J connectivity index is 2.27. The Morgan fingerprint density at radius 3 is 2.37 bits per heavy atom. The number of nitro groups is 1. The Morgan fingerprint density at radius 1 is 1.26 bits per heavy atom. The molecule has 9 nitrogen and oxygen atoms in total. The molecule has 0 heterocycles. The molecular weight excluding hydrogens is 378 g/mol. The van der Waals surface area contributed by atoms with Gasteiger partial charge in [-0.25, -0.2) is 4.79 Å². The molecule has 0 aliphatic heterocycles. The summed E-state index contributed by atoms with van der Waals surface area (Å²) in [5, 5.41) is 19.8. The van der Waals surface area contributed by atoms with Crippen LogP contribution in [0.4, 0.5) is 21.9 Å². The van der Waals surface area contributed by atoms with Crippen molar-refractivity contribution in [3.05, 3.63) is 57.6 Å². The predicted molar refractivity (Wildman–Crippen MR) is 98.6 cm³/mol. The normalized spacial score (nSPS) is 11.5. The zero-order chi connectivity index (χ0) is 20.1. The molecule has 0 radical (unpaired) electrons. The Morgan fingerprint density at radius 2 is 1.85 bits per heavy atom. The molecule has 1 unspecified atom stereocenters. The highest BCUT2D eigenvalue weighted by molar-refractivity contribution is 6.32. The molecule has 10 heteroatoms. The molecule has 27 heavy (non-hydrogen) atoms. The van der Waals surface area contributed by atoms with Crippen molar-refractivity contribution in [2.24, 2.45) is 11.7 Å². The SMILES string of the molecule is CC(COc1ccc(N(C(N)=O)c2ccc(Cl)c([N+](=O)[O-])c2)cc1)C(=O)O. The van der Waals surface area contributed by atoms with Gasteiger partial charge in [-0.1, -0.05) is 11.6 Å². The molecule has 0 saturated heterocycles. The Kier molecular flexibility index (Phi) is 6.19. The van der Waals surface area contributed by atoms with Crippen LogP contribution in [0.15, 0.2) is 42.5 Å². The molecule has 0 aliphatic rings. The van der Waals surface area contributed by atoms with Gasteiger partial charge in [-0.05, 0) is 43.3 Å². The molecule has 3 N–H and O–H groups in total. The molecule has 0 aromatic heterocycles. The van der Waals surface area contributed by atoms with Crippen LogP contribution in [0.5, 0.6) is 5.75 Å². The van der Waals surface area contributed by atoms with E-state index in [4.69, 9.17) is 27.2 Å². The highest BCUT2D eigenvalue weighted by Gasteiger charge is 2.20. The van der Waals surface area contributed by atoms with Crippen molar-refractivity contribution in [1.29, 1.82) is 0 Å². The van der Waals surface area contributed by atoms with Gasteiger partial charge in [0, 0.05) is 6.07 Å². The number of carboxylic acid groups (broad SMARTS) is 1. The van der Waals surface area contributed by atoms with Crippen LogP contribution in [0.25, 0.3) is 0 Å². The number of primary amides is 1. The number of aliphatic carboxylic acids is 1. The van der Waals surface area contributed by atoms with Crippen LogP contribution in [0.2, 0.25) is 5.02 Å². The first-order chi connectivity index (χ1) is 12.7. The van der Waals surface area contributed by atoms with Crippen LogP contribution in [0.1, 0.15) is 6.92 Å². The van der Waals surface area contributed by atoms with E-state index in [1.807, 2.05) is 0 Å². The average molecular weight is 394 g/mol. The summed E-state index contributed by atoms with van der Waals surface area (Å²) in [5.41, 5.74) is 5.58. The van der Waals surface area contributed by atoms with Crippen LogP contribution in [-0.4, -0.2) is 28.6 Å². The number of hydrogen-bond donors (Lipinski definition) is 2. The van der Waals surface area contributed by atoms with Crippen molar-refractivity contribution < 1.29 is 24.4 Å². The largest absolute Gasteiger partial charge is 0.493 e. The summed E-state index contributed by atoms with van der Waals surface area (Å²) in [6.07, 6.45) is 0. The van der Waals surface area contributed by atoms with Gasteiger partial charge in [0.2, 0.25) is 0 Å². The fourth-order valence-corrected chi connectivity index (χ4v) is 2.35. The van der Waals surface area contributed by atoms with Gasteiger partial charge in [0.15, 0.2) is 0 Å². The number of hydrogen-bond acceptors (Lipinski definition) is 5. The number of rotatable bonds is 7. The lowest BCUT2D eigenvalue weighted by molar-refractivity contribution is -0.384. The fraction of sp³-hybridized carbons (Fsp3) is 0.176. The number of nitrogens with two attached hydrogens (primary N) is 1. The average Bonchev–Trinajstić information content (AvgIpc) is 2.61. The minimum Gasteiger partial charge on any atom is -0.493 e. The van der Waals surface area contributed by atoms with E-state index in [1.54, 1.807) is 0 Å². The van der Waals surface area contributed by atoms with Gasteiger partial charge >= 0.3 is 12.0 Å². The quantitative estimate of drug-likeness (QED) is 0.545. The molecule has 2 aromatic rings. The number of amides is 2. The van der Waals surface area contributed by atoms with Gasteiger partial charge in [-0.2, -0.15) is 0 Å². The molecule has 0 saturated carbocycles. The molecule has 0 bridgehead atoms. The summed E-state index contributed by atoms with van der Waals surface area (Å²) in [6, 6.07) is 9.13. The topological polar surface area (TPSA) is 136 Å². The highest BCUT2D eigenvalue weighted by atomic mass is 35.5. The number of anilines is 2. The fourth-order valence-electron chi connectivity index (χ4n) is 2.17. The third kappa shape index (κ3) is 4.85. The van der Waals surface area contributed by atoms with Crippen molar-refractivity contribution in [3.8, 4) is 5.75 Å². The van der Waals surface area contributed by atoms with Gasteiger partial charge in [-0.3, -0.25) is 19.8 Å². The number of carbonyl (C=O) groups excluding carboxylic acids is 1. The predicted octanol–water partition coefficient (Wildman–Crippen LogP) is 3.56. The van der Waals surface area contributed by atoms with Crippen LogP contribution >= 0.6 is 11.6 Å². The van der Waals surface area contributed by atoms with Crippen molar-refractivity contribution in [2.75, 3.05) is 11.5 Å². The number of nitrogens with zero attached hydrogens (tertiary/aromatic N) is 2. The minimum atomic E-state index is -0.976. The summed E-state index contributed by atoms with van der Waals surface area (Å²) in [6.45, 7) is 1.50. The lowest BCUT2D eigenvalue weighted by atomic mass is 10.2. The smallest absolute Gasteiger partial charge is 0.323 e. The van der Waals surface area contributed by atoms with Crippen molar-refractivity contribution >= 4 is 40.7 Å². The van der Waals surface area contributed by atoms with Crippen LogP contribution in [0, 0.1) is 16.0 Å². The molecule has 1 atom stereocenters. The number of carbonyl (C=O) groups is 2.